The van der Waals surface area contributed by atoms with Crippen molar-refractivity contribution in [3.05, 3.63) is 29.8 Å². The Morgan fingerprint density at radius 1 is 1.20 bits per heavy atom. The summed E-state index contributed by atoms with van der Waals surface area (Å²) in [5, 5.41) is 19.6. The van der Waals surface area contributed by atoms with Gasteiger partial charge in [0.25, 0.3) is 0 Å². The van der Waals surface area contributed by atoms with Crippen LogP contribution in [0.1, 0.15) is 37.4 Å². The number of aliphatic hydroxyl groups is 1. The zero-order chi connectivity index (χ0) is 14.8. The van der Waals surface area contributed by atoms with E-state index in [1.54, 1.807) is 0 Å². The Hall–Kier alpha value is -1.19. The lowest BCUT2D eigenvalue weighted by Crippen LogP contribution is -2.23. The molecule has 1 aliphatic rings. The van der Waals surface area contributed by atoms with Crippen molar-refractivity contribution in [3.8, 4) is 6.07 Å². The standard InChI is InChI=1S/C14H14F3NOS/c15-14(16,17)20-11-5-3-10(4-6-11)12(19)13(9-18)7-1-2-8-13/h3-6,12,19H,1-2,7-8H2. The first-order valence-electron chi connectivity index (χ1n) is 6.31. The zero-order valence-corrected chi connectivity index (χ0v) is 11.5. The van der Waals surface area contributed by atoms with Crippen LogP contribution in [-0.2, 0) is 0 Å². The minimum absolute atomic E-state index is 0.0749. The minimum atomic E-state index is -4.32. The fourth-order valence-electron chi connectivity index (χ4n) is 2.62. The molecule has 1 aromatic carbocycles. The lowest BCUT2D eigenvalue weighted by molar-refractivity contribution is -0.0328. The molecule has 6 heteroatoms. The van der Waals surface area contributed by atoms with Gasteiger partial charge in [0, 0.05) is 4.90 Å². The summed E-state index contributed by atoms with van der Waals surface area (Å²) in [5.74, 6) is 0. The van der Waals surface area contributed by atoms with Gasteiger partial charge in [-0.25, -0.2) is 0 Å². The number of alkyl halides is 3. The third-order valence-electron chi connectivity index (χ3n) is 3.67. The second-order valence-electron chi connectivity index (χ2n) is 4.99. The SMILES string of the molecule is N#CC1(C(O)c2ccc(SC(F)(F)F)cc2)CCCC1. The second kappa shape index (κ2) is 5.66. The van der Waals surface area contributed by atoms with Crippen molar-refractivity contribution < 1.29 is 18.3 Å². The average molecular weight is 301 g/mol. The largest absolute Gasteiger partial charge is 0.446 e. The third-order valence-corrected chi connectivity index (χ3v) is 4.41. The molecule has 0 saturated heterocycles. The van der Waals surface area contributed by atoms with Gasteiger partial charge in [0.15, 0.2) is 0 Å². The molecule has 0 bridgehead atoms. The summed E-state index contributed by atoms with van der Waals surface area (Å²) >= 11 is -0.188. The summed E-state index contributed by atoms with van der Waals surface area (Å²) in [6.07, 6.45) is 2.10. The normalized spacial score (nSPS) is 19.6. The predicted octanol–water partition coefficient (Wildman–Crippen LogP) is 4.42. The van der Waals surface area contributed by atoms with Crippen LogP contribution in [0, 0.1) is 16.7 Å². The van der Waals surface area contributed by atoms with E-state index >= 15 is 0 Å². The van der Waals surface area contributed by atoms with Gasteiger partial charge in [0.05, 0.1) is 17.6 Å². The van der Waals surface area contributed by atoms with E-state index in [-0.39, 0.29) is 16.7 Å². The number of hydrogen-bond acceptors (Lipinski definition) is 3. The number of rotatable bonds is 3. The molecule has 0 spiro atoms. The van der Waals surface area contributed by atoms with Crippen LogP contribution in [0.5, 0.6) is 0 Å². The van der Waals surface area contributed by atoms with E-state index in [2.05, 4.69) is 6.07 Å². The topological polar surface area (TPSA) is 44.0 Å². The van der Waals surface area contributed by atoms with E-state index in [0.717, 1.165) is 12.8 Å². The Labute approximate surface area is 119 Å². The second-order valence-corrected chi connectivity index (χ2v) is 6.13. The van der Waals surface area contributed by atoms with E-state index in [1.165, 1.54) is 24.3 Å². The van der Waals surface area contributed by atoms with Gasteiger partial charge in [-0.05, 0) is 42.3 Å². The van der Waals surface area contributed by atoms with Crippen molar-refractivity contribution in [1.29, 1.82) is 5.26 Å². The summed E-state index contributed by atoms with van der Waals surface area (Å²) in [7, 11) is 0. The van der Waals surface area contributed by atoms with Gasteiger partial charge >= 0.3 is 5.51 Å². The van der Waals surface area contributed by atoms with Crippen molar-refractivity contribution in [2.75, 3.05) is 0 Å². The Morgan fingerprint density at radius 2 is 1.75 bits per heavy atom. The Morgan fingerprint density at radius 3 is 2.20 bits per heavy atom. The molecule has 1 fully saturated rings. The highest BCUT2D eigenvalue weighted by Crippen LogP contribution is 2.47. The van der Waals surface area contributed by atoms with Gasteiger partial charge in [-0.2, -0.15) is 18.4 Å². The van der Waals surface area contributed by atoms with Crippen LogP contribution in [0.2, 0.25) is 0 Å². The maximum Gasteiger partial charge on any atom is 0.446 e. The number of aliphatic hydroxyl groups excluding tert-OH is 1. The molecule has 1 unspecified atom stereocenters. The summed E-state index contributed by atoms with van der Waals surface area (Å²) < 4.78 is 36.7. The highest BCUT2D eigenvalue weighted by atomic mass is 32.2. The molecular weight excluding hydrogens is 287 g/mol. The molecule has 0 radical (unpaired) electrons. The zero-order valence-electron chi connectivity index (χ0n) is 10.7. The fourth-order valence-corrected chi connectivity index (χ4v) is 3.16. The fraction of sp³-hybridized carbons (Fsp3) is 0.500. The molecule has 2 rings (SSSR count). The third kappa shape index (κ3) is 3.28. The van der Waals surface area contributed by atoms with Crippen LogP contribution < -0.4 is 0 Å². The quantitative estimate of drug-likeness (QED) is 0.841. The molecule has 108 valence electrons. The molecule has 20 heavy (non-hydrogen) atoms. The molecular formula is C14H14F3NOS. The van der Waals surface area contributed by atoms with Crippen molar-refractivity contribution >= 4 is 11.8 Å². The lowest BCUT2D eigenvalue weighted by Gasteiger charge is -2.27. The van der Waals surface area contributed by atoms with E-state index in [0.29, 0.717) is 18.4 Å². The molecule has 0 aliphatic heterocycles. The Bertz CT molecular complexity index is 501. The first-order valence-corrected chi connectivity index (χ1v) is 7.13. The molecule has 0 aromatic heterocycles. The maximum atomic E-state index is 12.2. The molecule has 1 aliphatic carbocycles. The van der Waals surface area contributed by atoms with Crippen LogP contribution in [0.4, 0.5) is 13.2 Å². The molecule has 1 aromatic rings. The first-order chi connectivity index (χ1) is 9.36. The van der Waals surface area contributed by atoms with Crippen molar-refractivity contribution in [2.24, 2.45) is 5.41 Å². The van der Waals surface area contributed by atoms with E-state index in [9.17, 15) is 23.5 Å². The van der Waals surface area contributed by atoms with E-state index < -0.39 is 17.0 Å². The molecule has 2 nitrogen and oxygen atoms in total. The average Bonchev–Trinajstić information content (AvgIpc) is 2.87. The number of halogens is 3. The number of hydrogen-bond donors (Lipinski definition) is 1. The van der Waals surface area contributed by atoms with Crippen molar-refractivity contribution in [1.82, 2.24) is 0 Å². The first kappa shape index (κ1) is 15.2. The van der Waals surface area contributed by atoms with Gasteiger partial charge in [0.2, 0.25) is 0 Å². The van der Waals surface area contributed by atoms with Gasteiger partial charge in [-0.3, -0.25) is 0 Å². The molecule has 0 amide bonds. The number of nitriles is 1. The van der Waals surface area contributed by atoms with Gasteiger partial charge in [-0.1, -0.05) is 25.0 Å². The maximum absolute atomic E-state index is 12.2. The summed E-state index contributed by atoms with van der Waals surface area (Å²) in [5.41, 5.74) is -4.61. The Kier molecular flexibility index (Phi) is 4.31. The molecule has 1 N–H and O–H groups in total. The van der Waals surface area contributed by atoms with E-state index in [4.69, 9.17) is 0 Å². The van der Waals surface area contributed by atoms with Crippen molar-refractivity contribution in [3.63, 3.8) is 0 Å². The monoisotopic (exact) mass is 301 g/mol. The summed E-state index contributed by atoms with van der Waals surface area (Å²) in [6.45, 7) is 0. The van der Waals surface area contributed by atoms with Crippen LogP contribution in [0.25, 0.3) is 0 Å². The van der Waals surface area contributed by atoms with Crippen LogP contribution in [0.15, 0.2) is 29.2 Å². The lowest BCUT2D eigenvalue weighted by atomic mass is 9.79. The predicted molar refractivity (Wildman–Crippen MR) is 69.8 cm³/mol. The minimum Gasteiger partial charge on any atom is -0.387 e. The van der Waals surface area contributed by atoms with E-state index in [1.807, 2.05) is 0 Å². The van der Waals surface area contributed by atoms with Crippen molar-refractivity contribution in [2.45, 2.75) is 42.2 Å². The van der Waals surface area contributed by atoms with Crippen LogP contribution in [0.3, 0.4) is 0 Å². The smallest absolute Gasteiger partial charge is 0.387 e. The molecule has 1 saturated carbocycles. The summed E-state index contributed by atoms with van der Waals surface area (Å²) in [6, 6.07) is 7.79. The Balaban J connectivity index is 2.16. The van der Waals surface area contributed by atoms with Gasteiger partial charge in [0.1, 0.15) is 0 Å². The van der Waals surface area contributed by atoms with Gasteiger partial charge < -0.3 is 5.11 Å². The van der Waals surface area contributed by atoms with Crippen LogP contribution in [-0.4, -0.2) is 10.6 Å². The summed E-state index contributed by atoms with van der Waals surface area (Å²) in [4.78, 5) is 0.0749. The molecule has 1 atom stereocenters. The van der Waals surface area contributed by atoms with Gasteiger partial charge in [-0.15, -0.1) is 0 Å². The number of thioether (sulfide) groups is 1. The van der Waals surface area contributed by atoms with Crippen LogP contribution >= 0.6 is 11.8 Å². The number of benzene rings is 1. The number of nitrogens with zero attached hydrogens (tertiary/aromatic N) is 1. The molecule has 0 heterocycles. The highest BCUT2D eigenvalue weighted by molar-refractivity contribution is 8.00. The highest BCUT2D eigenvalue weighted by Gasteiger charge is 2.41.